The third-order valence-corrected chi connectivity index (χ3v) is 7.10. The maximum atomic E-state index is 12.0. The summed E-state index contributed by atoms with van der Waals surface area (Å²) in [6, 6.07) is 5.71. The molecule has 9 heteroatoms. The highest BCUT2D eigenvalue weighted by Crippen LogP contribution is 2.48. The van der Waals surface area contributed by atoms with Gasteiger partial charge < -0.3 is 23.5 Å². The van der Waals surface area contributed by atoms with Crippen molar-refractivity contribution in [2.75, 3.05) is 6.61 Å². The summed E-state index contributed by atoms with van der Waals surface area (Å²) < 4.78 is 26.1. The Hall–Kier alpha value is -2.68. The number of aromatic nitrogens is 3. The lowest BCUT2D eigenvalue weighted by Gasteiger charge is -2.24. The fourth-order valence-electron chi connectivity index (χ4n) is 5.33. The SMILES string of the molecule is Cc1cc2c(cc1OC[C@H]1C[C@@H](n3ccc4c(Cl)ncnc43)[C@@H]3OC(C)(C)O[C@H]13)C(=O)OC2. The molecule has 4 atom stereocenters. The number of carbonyl (C=O) groups is 1. The predicted octanol–water partition coefficient (Wildman–Crippen LogP) is 4.22. The first-order chi connectivity index (χ1) is 15.8. The first kappa shape index (κ1) is 20.9. The summed E-state index contributed by atoms with van der Waals surface area (Å²) >= 11 is 6.27. The van der Waals surface area contributed by atoms with Crippen molar-refractivity contribution in [2.24, 2.45) is 5.92 Å². The Bertz CT molecular complexity index is 1270. The van der Waals surface area contributed by atoms with Crippen LogP contribution < -0.4 is 4.74 Å². The van der Waals surface area contributed by atoms with Crippen molar-refractivity contribution in [3.63, 3.8) is 0 Å². The highest BCUT2D eigenvalue weighted by atomic mass is 35.5. The molecule has 6 rings (SSSR count). The Labute approximate surface area is 195 Å². The van der Waals surface area contributed by atoms with Gasteiger partial charge >= 0.3 is 5.97 Å². The third kappa shape index (κ3) is 3.39. The van der Waals surface area contributed by atoms with E-state index < -0.39 is 5.79 Å². The fourth-order valence-corrected chi connectivity index (χ4v) is 5.52. The van der Waals surface area contributed by atoms with Gasteiger partial charge in [-0.25, -0.2) is 14.8 Å². The molecule has 0 amide bonds. The number of hydrogen-bond donors (Lipinski definition) is 0. The van der Waals surface area contributed by atoms with Crippen LogP contribution in [0.25, 0.3) is 11.0 Å². The van der Waals surface area contributed by atoms with Gasteiger partial charge in [0, 0.05) is 17.7 Å². The van der Waals surface area contributed by atoms with Crippen molar-refractivity contribution in [3.05, 3.63) is 52.6 Å². The Morgan fingerprint density at radius 1 is 1.24 bits per heavy atom. The van der Waals surface area contributed by atoms with Crippen LogP contribution in [0.5, 0.6) is 5.75 Å². The van der Waals surface area contributed by atoms with Gasteiger partial charge in [0.15, 0.2) is 5.79 Å². The smallest absolute Gasteiger partial charge is 0.339 e. The van der Waals surface area contributed by atoms with E-state index in [1.165, 1.54) is 6.33 Å². The molecular formula is C24H24ClN3O5. The average Bonchev–Trinajstić information content (AvgIpc) is 3.50. The number of hydrogen-bond acceptors (Lipinski definition) is 7. The van der Waals surface area contributed by atoms with Crippen LogP contribution in [-0.2, 0) is 20.8 Å². The number of benzene rings is 1. The number of carbonyl (C=O) groups excluding carboxylic acids is 1. The van der Waals surface area contributed by atoms with E-state index in [2.05, 4.69) is 14.5 Å². The van der Waals surface area contributed by atoms with E-state index in [-0.39, 0.29) is 30.1 Å². The number of aryl methyl sites for hydroxylation is 1. The molecule has 2 aromatic heterocycles. The zero-order chi connectivity index (χ0) is 22.9. The second-order valence-corrected chi connectivity index (χ2v) is 9.77. The van der Waals surface area contributed by atoms with Crippen LogP contribution in [0.15, 0.2) is 30.7 Å². The normalized spacial score (nSPS) is 27.6. The fraction of sp³-hybridized carbons (Fsp3) is 0.458. The summed E-state index contributed by atoms with van der Waals surface area (Å²) in [7, 11) is 0. The number of nitrogens with zero attached hydrogens (tertiary/aromatic N) is 3. The molecule has 1 saturated heterocycles. The molecule has 1 saturated carbocycles. The monoisotopic (exact) mass is 469 g/mol. The first-order valence-corrected chi connectivity index (χ1v) is 11.4. The molecule has 3 aliphatic rings. The van der Waals surface area contributed by atoms with Gasteiger partial charge in [0.05, 0.1) is 29.7 Å². The summed E-state index contributed by atoms with van der Waals surface area (Å²) in [4.78, 5) is 20.5. The minimum atomic E-state index is -0.685. The third-order valence-electron chi connectivity index (χ3n) is 6.80. The lowest BCUT2D eigenvalue weighted by molar-refractivity contribution is -0.161. The van der Waals surface area contributed by atoms with Crippen molar-refractivity contribution in [3.8, 4) is 5.75 Å². The van der Waals surface area contributed by atoms with Crippen molar-refractivity contribution < 1.29 is 23.7 Å². The molecule has 4 heterocycles. The summed E-state index contributed by atoms with van der Waals surface area (Å²) in [5.41, 5.74) is 3.24. The highest BCUT2D eigenvalue weighted by Gasteiger charge is 2.55. The first-order valence-electron chi connectivity index (χ1n) is 11.1. The van der Waals surface area contributed by atoms with Crippen molar-refractivity contribution in [1.82, 2.24) is 14.5 Å². The molecule has 33 heavy (non-hydrogen) atoms. The molecule has 172 valence electrons. The molecule has 2 aliphatic heterocycles. The molecule has 0 bridgehead atoms. The second kappa shape index (κ2) is 7.41. The minimum absolute atomic E-state index is 0.0185. The van der Waals surface area contributed by atoms with Crippen LogP contribution in [0.3, 0.4) is 0 Å². The molecule has 3 aromatic rings. The van der Waals surface area contributed by atoms with E-state index in [4.69, 9.17) is 30.5 Å². The van der Waals surface area contributed by atoms with E-state index in [9.17, 15) is 4.79 Å². The number of fused-ring (bicyclic) bond motifs is 3. The van der Waals surface area contributed by atoms with Gasteiger partial charge in [-0.2, -0.15) is 0 Å². The quantitative estimate of drug-likeness (QED) is 0.417. The number of halogens is 1. The molecule has 0 radical (unpaired) electrons. The van der Waals surface area contributed by atoms with Crippen LogP contribution in [-0.4, -0.2) is 45.1 Å². The molecule has 0 N–H and O–H groups in total. The standard InChI is InChI=1S/C24H24ClN3O5/c1-12-6-13-9-31-23(29)16(13)8-18(12)30-10-14-7-17(20-19(14)32-24(2,3)33-20)28-5-4-15-21(25)26-11-27-22(15)28/h4-6,8,11,14,17,19-20H,7,9-10H2,1-3H3/t14-,17-,19-,20+/m1/s1. The number of rotatable bonds is 4. The minimum Gasteiger partial charge on any atom is -0.493 e. The Morgan fingerprint density at radius 2 is 2.06 bits per heavy atom. The van der Waals surface area contributed by atoms with Gasteiger partial charge in [0.1, 0.15) is 35.6 Å². The van der Waals surface area contributed by atoms with Crippen molar-refractivity contribution in [2.45, 2.75) is 57.8 Å². The highest BCUT2D eigenvalue weighted by molar-refractivity contribution is 6.33. The van der Waals surface area contributed by atoms with Gasteiger partial charge in [-0.15, -0.1) is 0 Å². The van der Waals surface area contributed by atoms with Gasteiger partial charge in [-0.05, 0) is 51.0 Å². The Morgan fingerprint density at radius 3 is 2.91 bits per heavy atom. The Balaban J connectivity index is 1.28. The van der Waals surface area contributed by atoms with Crippen LogP contribution in [0.1, 0.15) is 47.8 Å². The van der Waals surface area contributed by atoms with Crippen molar-refractivity contribution >= 4 is 28.6 Å². The lowest BCUT2D eigenvalue weighted by Crippen LogP contribution is -2.29. The second-order valence-electron chi connectivity index (χ2n) is 9.41. The summed E-state index contributed by atoms with van der Waals surface area (Å²) in [5, 5.41) is 1.25. The maximum absolute atomic E-state index is 12.0. The zero-order valence-corrected chi connectivity index (χ0v) is 19.3. The summed E-state index contributed by atoms with van der Waals surface area (Å²) in [6.07, 6.45) is 3.99. The molecule has 1 aliphatic carbocycles. The van der Waals surface area contributed by atoms with Crippen molar-refractivity contribution in [1.29, 1.82) is 0 Å². The zero-order valence-electron chi connectivity index (χ0n) is 18.6. The number of cyclic esters (lactones) is 1. The molecule has 0 unspecified atom stereocenters. The largest absolute Gasteiger partial charge is 0.493 e. The summed E-state index contributed by atoms with van der Waals surface area (Å²) in [6.45, 7) is 6.61. The molecular weight excluding hydrogens is 446 g/mol. The topological polar surface area (TPSA) is 84.7 Å². The average molecular weight is 470 g/mol. The van der Waals surface area contributed by atoms with E-state index in [1.54, 1.807) is 6.07 Å². The van der Waals surface area contributed by atoms with Crippen LogP contribution in [0.2, 0.25) is 5.15 Å². The molecule has 2 fully saturated rings. The van der Waals surface area contributed by atoms with Gasteiger partial charge in [-0.3, -0.25) is 0 Å². The predicted molar refractivity (Wildman–Crippen MR) is 119 cm³/mol. The molecule has 1 aromatic carbocycles. The van der Waals surface area contributed by atoms with E-state index >= 15 is 0 Å². The van der Waals surface area contributed by atoms with E-state index in [0.29, 0.717) is 29.7 Å². The molecule has 8 nitrogen and oxygen atoms in total. The van der Waals surface area contributed by atoms with Gasteiger partial charge in [0.2, 0.25) is 0 Å². The van der Waals surface area contributed by atoms with Crippen LogP contribution >= 0.6 is 11.6 Å². The summed E-state index contributed by atoms with van der Waals surface area (Å²) in [5.74, 6) is -0.201. The number of esters is 1. The maximum Gasteiger partial charge on any atom is 0.339 e. The lowest BCUT2D eigenvalue weighted by atomic mass is 10.0. The number of ether oxygens (including phenoxy) is 4. The van der Waals surface area contributed by atoms with E-state index in [0.717, 1.165) is 28.6 Å². The van der Waals surface area contributed by atoms with Crippen LogP contribution in [0.4, 0.5) is 0 Å². The van der Waals surface area contributed by atoms with Gasteiger partial charge in [-0.1, -0.05) is 11.6 Å². The van der Waals surface area contributed by atoms with Crippen LogP contribution in [0, 0.1) is 12.8 Å². The van der Waals surface area contributed by atoms with E-state index in [1.807, 2.05) is 39.1 Å². The Kier molecular flexibility index (Phi) is 4.69. The molecule has 0 spiro atoms. The van der Waals surface area contributed by atoms with Gasteiger partial charge in [0.25, 0.3) is 0 Å².